The Kier molecular flexibility index (Phi) is 5.94. The number of hydrazone groups is 1. The van der Waals surface area contributed by atoms with Gasteiger partial charge in [0, 0.05) is 0 Å². The van der Waals surface area contributed by atoms with Crippen molar-refractivity contribution in [2.45, 2.75) is 0 Å². The van der Waals surface area contributed by atoms with Gasteiger partial charge in [0.2, 0.25) is 0 Å². The van der Waals surface area contributed by atoms with Crippen LogP contribution in [-0.2, 0) is 4.79 Å². The molecule has 23 heavy (non-hydrogen) atoms. The summed E-state index contributed by atoms with van der Waals surface area (Å²) in [6.07, 6.45) is 1.32. The maximum absolute atomic E-state index is 13.5. The van der Waals surface area contributed by atoms with Gasteiger partial charge >= 0.3 is 0 Å². The minimum Gasteiger partial charge on any atom is -0.494 e. The summed E-state index contributed by atoms with van der Waals surface area (Å²) in [6, 6.07) is 11.1. The van der Waals surface area contributed by atoms with Crippen LogP contribution in [0.4, 0.5) is 4.39 Å². The molecule has 7 heteroatoms. The van der Waals surface area contributed by atoms with E-state index in [-0.39, 0.29) is 12.4 Å². The number of methoxy groups -OCH3 is 1. The van der Waals surface area contributed by atoms with E-state index in [1.807, 2.05) is 0 Å². The number of carbonyl (C=O) groups excluding carboxylic acids is 1. The molecule has 2 aromatic rings. The van der Waals surface area contributed by atoms with Crippen molar-refractivity contribution in [1.29, 1.82) is 0 Å². The van der Waals surface area contributed by atoms with Crippen LogP contribution in [0.3, 0.4) is 0 Å². The molecule has 1 N–H and O–H groups in total. The number of hydrogen-bond acceptors (Lipinski definition) is 4. The SMILES string of the molecule is COc1ccc(/C=N\NC(=O)COc2ccccc2Cl)cc1F. The highest BCUT2D eigenvalue weighted by molar-refractivity contribution is 6.32. The molecule has 0 heterocycles. The molecule has 1 amide bonds. The van der Waals surface area contributed by atoms with E-state index in [1.54, 1.807) is 30.3 Å². The molecular weight excluding hydrogens is 323 g/mol. The fourth-order valence-corrected chi connectivity index (χ4v) is 1.87. The van der Waals surface area contributed by atoms with Gasteiger partial charge in [-0.05, 0) is 35.9 Å². The molecule has 0 aromatic heterocycles. The van der Waals surface area contributed by atoms with Gasteiger partial charge in [0.15, 0.2) is 18.2 Å². The Morgan fingerprint density at radius 1 is 1.30 bits per heavy atom. The Hall–Kier alpha value is -2.60. The lowest BCUT2D eigenvalue weighted by Gasteiger charge is -2.06. The van der Waals surface area contributed by atoms with Gasteiger partial charge in [0.05, 0.1) is 18.3 Å². The molecule has 0 fully saturated rings. The predicted octanol–water partition coefficient (Wildman–Crippen LogP) is 3.02. The molecule has 0 aliphatic heterocycles. The summed E-state index contributed by atoms with van der Waals surface area (Å²) < 4.78 is 23.5. The van der Waals surface area contributed by atoms with Crippen molar-refractivity contribution in [2.24, 2.45) is 5.10 Å². The van der Waals surface area contributed by atoms with Crippen molar-refractivity contribution < 1.29 is 18.7 Å². The normalized spacial score (nSPS) is 10.6. The van der Waals surface area contributed by atoms with E-state index < -0.39 is 11.7 Å². The van der Waals surface area contributed by atoms with Crippen LogP contribution in [0.1, 0.15) is 5.56 Å². The number of nitrogens with zero attached hydrogens (tertiary/aromatic N) is 1. The summed E-state index contributed by atoms with van der Waals surface area (Å²) in [4.78, 5) is 11.6. The van der Waals surface area contributed by atoms with Gasteiger partial charge in [-0.25, -0.2) is 9.82 Å². The molecule has 2 rings (SSSR count). The minimum atomic E-state index is -0.509. The summed E-state index contributed by atoms with van der Waals surface area (Å²) >= 11 is 5.90. The van der Waals surface area contributed by atoms with Gasteiger partial charge in [-0.15, -0.1) is 0 Å². The maximum Gasteiger partial charge on any atom is 0.277 e. The third-order valence-corrected chi connectivity index (χ3v) is 3.09. The number of amides is 1. The van der Waals surface area contributed by atoms with Crippen LogP contribution < -0.4 is 14.9 Å². The molecule has 0 aliphatic carbocycles. The highest BCUT2D eigenvalue weighted by Gasteiger charge is 2.05. The Morgan fingerprint density at radius 3 is 2.78 bits per heavy atom. The molecule has 0 saturated carbocycles. The van der Waals surface area contributed by atoms with E-state index in [0.717, 1.165) is 0 Å². The number of ether oxygens (including phenoxy) is 2. The zero-order valence-corrected chi connectivity index (χ0v) is 13.0. The summed E-state index contributed by atoms with van der Waals surface area (Å²) in [5.41, 5.74) is 2.76. The predicted molar refractivity (Wildman–Crippen MR) is 85.6 cm³/mol. The van der Waals surface area contributed by atoms with Gasteiger partial charge in [-0.3, -0.25) is 4.79 Å². The summed E-state index contributed by atoms with van der Waals surface area (Å²) in [7, 11) is 1.38. The van der Waals surface area contributed by atoms with E-state index in [2.05, 4.69) is 10.5 Å². The average Bonchev–Trinajstić information content (AvgIpc) is 2.54. The van der Waals surface area contributed by atoms with Crippen molar-refractivity contribution in [3.8, 4) is 11.5 Å². The lowest BCUT2D eigenvalue weighted by atomic mass is 10.2. The van der Waals surface area contributed by atoms with E-state index in [0.29, 0.717) is 16.3 Å². The second-order valence-corrected chi connectivity index (χ2v) is 4.81. The van der Waals surface area contributed by atoms with Crippen LogP contribution in [0, 0.1) is 5.82 Å². The van der Waals surface area contributed by atoms with Gasteiger partial charge in [-0.1, -0.05) is 23.7 Å². The monoisotopic (exact) mass is 336 g/mol. The third kappa shape index (κ3) is 4.96. The summed E-state index contributed by atoms with van der Waals surface area (Å²) in [5, 5.41) is 4.14. The molecule has 0 aliphatic rings. The average molecular weight is 337 g/mol. The van der Waals surface area contributed by atoms with Crippen LogP contribution in [0.15, 0.2) is 47.6 Å². The van der Waals surface area contributed by atoms with Crippen molar-refractivity contribution in [1.82, 2.24) is 5.43 Å². The molecule has 5 nitrogen and oxygen atoms in total. The third-order valence-electron chi connectivity index (χ3n) is 2.77. The topological polar surface area (TPSA) is 59.9 Å². The number of halogens is 2. The van der Waals surface area contributed by atoms with Crippen LogP contribution in [0.2, 0.25) is 5.02 Å². The molecular formula is C16H14ClFN2O3. The fraction of sp³-hybridized carbons (Fsp3) is 0.125. The van der Waals surface area contributed by atoms with E-state index in [1.165, 1.54) is 25.5 Å². The Bertz CT molecular complexity index is 722. The van der Waals surface area contributed by atoms with Gasteiger partial charge < -0.3 is 9.47 Å². The molecule has 0 bridgehead atoms. The second-order valence-electron chi connectivity index (χ2n) is 4.41. The lowest BCUT2D eigenvalue weighted by Crippen LogP contribution is -2.24. The number of carbonyl (C=O) groups is 1. The van der Waals surface area contributed by atoms with Crippen molar-refractivity contribution in [3.05, 3.63) is 58.9 Å². The van der Waals surface area contributed by atoms with Gasteiger partial charge in [0.25, 0.3) is 5.91 Å². The van der Waals surface area contributed by atoms with Gasteiger partial charge in [-0.2, -0.15) is 5.10 Å². The zero-order valence-electron chi connectivity index (χ0n) is 12.3. The highest BCUT2D eigenvalue weighted by atomic mass is 35.5. The number of rotatable bonds is 6. The first kappa shape index (κ1) is 16.8. The molecule has 0 radical (unpaired) electrons. The van der Waals surface area contributed by atoms with Crippen molar-refractivity contribution >= 4 is 23.7 Å². The molecule has 2 aromatic carbocycles. The first-order chi connectivity index (χ1) is 11.1. The van der Waals surface area contributed by atoms with E-state index >= 15 is 0 Å². The smallest absolute Gasteiger partial charge is 0.277 e. The van der Waals surface area contributed by atoms with E-state index in [4.69, 9.17) is 21.1 Å². The number of para-hydroxylation sites is 1. The minimum absolute atomic E-state index is 0.138. The largest absolute Gasteiger partial charge is 0.494 e. The second kappa shape index (κ2) is 8.14. The van der Waals surface area contributed by atoms with Crippen LogP contribution in [0.5, 0.6) is 11.5 Å². The maximum atomic E-state index is 13.5. The highest BCUT2D eigenvalue weighted by Crippen LogP contribution is 2.22. The summed E-state index contributed by atoms with van der Waals surface area (Å²) in [5.74, 6) is -0.426. The first-order valence-corrected chi connectivity index (χ1v) is 7.00. The quantitative estimate of drug-likeness (QED) is 0.651. The standard InChI is InChI=1S/C16H14ClFN2O3/c1-22-15-7-6-11(8-13(15)18)9-19-20-16(21)10-23-14-5-3-2-4-12(14)17/h2-9H,10H2,1H3,(H,20,21)/b19-9-. The molecule has 0 spiro atoms. The molecule has 0 saturated heterocycles. The Balaban J connectivity index is 1.84. The molecule has 0 atom stereocenters. The number of hydrogen-bond donors (Lipinski definition) is 1. The molecule has 120 valence electrons. The molecule has 0 unspecified atom stereocenters. The van der Waals surface area contributed by atoms with E-state index in [9.17, 15) is 9.18 Å². The number of benzene rings is 2. The van der Waals surface area contributed by atoms with Crippen LogP contribution in [-0.4, -0.2) is 25.8 Å². The first-order valence-electron chi connectivity index (χ1n) is 6.63. The lowest BCUT2D eigenvalue weighted by molar-refractivity contribution is -0.123. The summed E-state index contributed by atoms with van der Waals surface area (Å²) in [6.45, 7) is -0.238. The van der Waals surface area contributed by atoms with Crippen molar-refractivity contribution in [3.63, 3.8) is 0 Å². The van der Waals surface area contributed by atoms with Crippen LogP contribution >= 0.6 is 11.6 Å². The Morgan fingerprint density at radius 2 is 2.09 bits per heavy atom. The fourth-order valence-electron chi connectivity index (χ4n) is 1.68. The van der Waals surface area contributed by atoms with Crippen molar-refractivity contribution in [2.75, 3.05) is 13.7 Å². The Labute approximate surface area is 137 Å². The van der Waals surface area contributed by atoms with Gasteiger partial charge in [0.1, 0.15) is 5.75 Å². The zero-order chi connectivity index (χ0) is 16.7. The number of nitrogens with one attached hydrogen (secondary N) is 1. The van der Waals surface area contributed by atoms with Crippen LogP contribution in [0.25, 0.3) is 0 Å².